The van der Waals surface area contributed by atoms with Gasteiger partial charge in [-0.3, -0.25) is 9.58 Å². The molecular weight excluding hydrogens is 228 g/mol. The lowest BCUT2D eigenvalue weighted by Crippen LogP contribution is -2.48. The molecule has 102 valence electrons. The lowest BCUT2D eigenvalue weighted by Gasteiger charge is -2.38. The summed E-state index contributed by atoms with van der Waals surface area (Å²) in [5.74, 6) is 0. The number of hydrogen-bond donors (Lipinski definition) is 1. The topological polar surface area (TPSA) is 56.3 Å². The van der Waals surface area contributed by atoms with Gasteiger partial charge in [0.25, 0.3) is 0 Å². The number of nitrogens with two attached hydrogens (primary N) is 1. The molecule has 2 heterocycles. The molecule has 1 aliphatic heterocycles. The monoisotopic (exact) mass is 252 g/mol. The highest BCUT2D eigenvalue weighted by Crippen LogP contribution is 2.21. The van der Waals surface area contributed by atoms with Gasteiger partial charge in [0.15, 0.2) is 0 Å². The summed E-state index contributed by atoms with van der Waals surface area (Å²) in [5.41, 5.74) is 8.21. The molecule has 5 nitrogen and oxygen atoms in total. The molecule has 0 bridgehead atoms. The van der Waals surface area contributed by atoms with Gasteiger partial charge in [-0.2, -0.15) is 5.10 Å². The van der Waals surface area contributed by atoms with Gasteiger partial charge in [-0.1, -0.05) is 0 Å². The first-order valence-corrected chi connectivity index (χ1v) is 6.60. The van der Waals surface area contributed by atoms with E-state index < -0.39 is 0 Å². The average Bonchev–Trinajstić information content (AvgIpc) is 2.68. The quantitative estimate of drug-likeness (QED) is 0.855. The van der Waals surface area contributed by atoms with E-state index in [4.69, 9.17) is 10.5 Å². The SMILES string of the molecule is COC1CCN(Cc2cc(C)nn2C)C(CN)C1. The Morgan fingerprint density at radius 1 is 1.56 bits per heavy atom. The number of hydrogen-bond acceptors (Lipinski definition) is 4. The highest BCUT2D eigenvalue weighted by molar-refractivity contribution is 5.09. The molecule has 18 heavy (non-hydrogen) atoms. The number of likely N-dealkylation sites (tertiary alicyclic amines) is 1. The molecule has 2 atom stereocenters. The van der Waals surface area contributed by atoms with E-state index in [2.05, 4.69) is 16.1 Å². The van der Waals surface area contributed by atoms with Crippen LogP contribution in [0.4, 0.5) is 0 Å². The molecule has 1 aromatic heterocycles. The number of aryl methyl sites for hydroxylation is 2. The molecule has 0 spiro atoms. The van der Waals surface area contributed by atoms with Crippen LogP contribution in [0, 0.1) is 6.92 Å². The van der Waals surface area contributed by atoms with Gasteiger partial charge in [0.2, 0.25) is 0 Å². The van der Waals surface area contributed by atoms with Gasteiger partial charge in [0.05, 0.1) is 17.5 Å². The Morgan fingerprint density at radius 2 is 2.33 bits per heavy atom. The Labute approximate surface area is 109 Å². The molecule has 5 heteroatoms. The van der Waals surface area contributed by atoms with Crippen molar-refractivity contribution in [2.75, 3.05) is 20.2 Å². The summed E-state index contributed by atoms with van der Waals surface area (Å²) >= 11 is 0. The summed E-state index contributed by atoms with van der Waals surface area (Å²) in [4.78, 5) is 2.45. The van der Waals surface area contributed by atoms with Crippen molar-refractivity contribution in [1.82, 2.24) is 14.7 Å². The fourth-order valence-electron chi connectivity index (χ4n) is 2.75. The predicted octanol–water partition coefficient (Wildman–Crippen LogP) is 0.667. The molecule has 0 saturated carbocycles. The Balaban J connectivity index is 2.02. The number of ether oxygens (including phenoxy) is 1. The van der Waals surface area contributed by atoms with E-state index in [1.54, 1.807) is 7.11 Å². The predicted molar refractivity (Wildman–Crippen MR) is 71.2 cm³/mol. The zero-order valence-electron chi connectivity index (χ0n) is 11.6. The van der Waals surface area contributed by atoms with Crippen molar-refractivity contribution in [3.63, 3.8) is 0 Å². The van der Waals surface area contributed by atoms with Crippen molar-refractivity contribution in [3.05, 3.63) is 17.5 Å². The highest BCUT2D eigenvalue weighted by Gasteiger charge is 2.27. The first kappa shape index (κ1) is 13.5. The summed E-state index contributed by atoms with van der Waals surface area (Å²) in [6.45, 7) is 4.69. The normalized spacial score (nSPS) is 25.6. The van der Waals surface area contributed by atoms with E-state index in [1.165, 1.54) is 5.69 Å². The molecule has 1 aliphatic rings. The molecule has 0 aliphatic carbocycles. The summed E-state index contributed by atoms with van der Waals surface area (Å²) in [7, 11) is 3.79. The molecule has 2 unspecified atom stereocenters. The van der Waals surface area contributed by atoms with E-state index in [0.717, 1.165) is 31.6 Å². The number of aromatic nitrogens is 2. The number of rotatable bonds is 4. The lowest BCUT2D eigenvalue weighted by atomic mass is 9.99. The Morgan fingerprint density at radius 3 is 2.89 bits per heavy atom. The number of methoxy groups -OCH3 is 1. The van der Waals surface area contributed by atoms with E-state index >= 15 is 0 Å². The lowest BCUT2D eigenvalue weighted by molar-refractivity contribution is 0.00941. The smallest absolute Gasteiger partial charge is 0.0599 e. The third kappa shape index (κ3) is 2.91. The average molecular weight is 252 g/mol. The van der Waals surface area contributed by atoms with Crippen molar-refractivity contribution in [1.29, 1.82) is 0 Å². The van der Waals surface area contributed by atoms with Crippen molar-refractivity contribution < 1.29 is 4.74 Å². The molecular formula is C13H24N4O. The van der Waals surface area contributed by atoms with E-state index in [-0.39, 0.29) is 0 Å². The Kier molecular flexibility index (Phi) is 4.37. The van der Waals surface area contributed by atoms with Gasteiger partial charge in [0, 0.05) is 39.8 Å². The van der Waals surface area contributed by atoms with Crippen LogP contribution in [-0.4, -0.2) is 47.0 Å². The first-order chi connectivity index (χ1) is 8.63. The summed E-state index contributed by atoms with van der Waals surface area (Å²) < 4.78 is 7.41. The minimum absolute atomic E-state index is 0.364. The number of piperidine rings is 1. The van der Waals surface area contributed by atoms with Crippen LogP contribution in [0.5, 0.6) is 0 Å². The van der Waals surface area contributed by atoms with Crippen molar-refractivity contribution in [2.45, 2.75) is 38.5 Å². The Hall–Kier alpha value is -0.910. The maximum Gasteiger partial charge on any atom is 0.0599 e. The number of nitrogens with zero attached hydrogens (tertiary/aromatic N) is 3. The molecule has 0 amide bonds. The minimum Gasteiger partial charge on any atom is -0.381 e. The van der Waals surface area contributed by atoms with Gasteiger partial charge in [-0.05, 0) is 25.8 Å². The van der Waals surface area contributed by atoms with Crippen LogP contribution in [0.25, 0.3) is 0 Å². The zero-order chi connectivity index (χ0) is 13.1. The van der Waals surface area contributed by atoms with Gasteiger partial charge in [-0.25, -0.2) is 0 Å². The van der Waals surface area contributed by atoms with Crippen LogP contribution in [-0.2, 0) is 18.3 Å². The van der Waals surface area contributed by atoms with Gasteiger partial charge in [-0.15, -0.1) is 0 Å². The summed E-state index contributed by atoms with van der Waals surface area (Å²) in [6.07, 6.45) is 2.48. The fourth-order valence-corrected chi connectivity index (χ4v) is 2.75. The first-order valence-electron chi connectivity index (χ1n) is 6.60. The highest BCUT2D eigenvalue weighted by atomic mass is 16.5. The fraction of sp³-hybridized carbons (Fsp3) is 0.769. The maximum absolute atomic E-state index is 5.89. The van der Waals surface area contributed by atoms with Crippen LogP contribution in [0.15, 0.2) is 6.07 Å². The van der Waals surface area contributed by atoms with Crippen LogP contribution < -0.4 is 5.73 Å². The van der Waals surface area contributed by atoms with Crippen LogP contribution >= 0.6 is 0 Å². The van der Waals surface area contributed by atoms with Gasteiger partial charge < -0.3 is 10.5 Å². The van der Waals surface area contributed by atoms with Gasteiger partial charge >= 0.3 is 0 Å². The third-order valence-electron chi connectivity index (χ3n) is 3.86. The molecule has 2 rings (SSSR count). The standard InChI is InChI=1S/C13H24N4O/c1-10-6-12(16(2)15-10)9-17-5-4-13(18-3)7-11(17)8-14/h6,11,13H,4-5,7-9,14H2,1-3H3. The maximum atomic E-state index is 5.89. The second kappa shape index (κ2) is 5.82. The molecule has 1 saturated heterocycles. The minimum atomic E-state index is 0.364. The molecule has 2 N–H and O–H groups in total. The molecule has 0 aromatic carbocycles. The van der Waals surface area contributed by atoms with Crippen molar-refractivity contribution >= 4 is 0 Å². The molecule has 1 aromatic rings. The summed E-state index contributed by atoms with van der Waals surface area (Å²) in [6, 6.07) is 2.56. The Bertz CT molecular complexity index is 390. The second-order valence-electron chi connectivity index (χ2n) is 5.14. The summed E-state index contributed by atoms with van der Waals surface area (Å²) in [5, 5.41) is 4.39. The van der Waals surface area contributed by atoms with Crippen molar-refractivity contribution in [3.8, 4) is 0 Å². The van der Waals surface area contributed by atoms with Crippen LogP contribution in [0.3, 0.4) is 0 Å². The third-order valence-corrected chi connectivity index (χ3v) is 3.86. The largest absolute Gasteiger partial charge is 0.381 e. The molecule has 0 radical (unpaired) electrons. The van der Waals surface area contributed by atoms with Crippen LogP contribution in [0.2, 0.25) is 0 Å². The van der Waals surface area contributed by atoms with Gasteiger partial charge in [0.1, 0.15) is 0 Å². The second-order valence-corrected chi connectivity index (χ2v) is 5.14. The van der Waals surface area contributed by atoms with E-state index in [1.807, 2.05) is 18.7 Å². The van der Waals surface area contributed by atoms with Crippen molar-refractivity contribution in [2.24, 2.45) is 12.8 Å². The van der Waals surface area contributed by atoms with E-state index in [9.17, 15) is 0 Å². The zero-order valence-corrected chi connectivity index (χ0v) is 11.6. The van der Waals surface area contributed by atoms with Crippen LogP contribution in [0.1, 0.15) is 24.2 Å². The van der Waals surface area contributed by atoms with E-state index in [0.29, 0.717) is 18.7 Å². The molecule has 1 fully saturated rings.